The van der Waals surface area contributed by atoms with Crippen LogP contribution in [0.3, 0.4) is 0 Å². The van der Waals surface area contributed by atoms with Gasteiger partial charge in [-0.05, 0) is 96.3 Å². The van der Waals surface area contributed by atoms with Crippen LogP contribution in [0.5, 0.6) is 0 Å². The maximum atomic E-state index is 12.3. The van der Waals surface area contributed by atoms with Gasteiger partial charge in [0.2, 0.25) is 0 Å². The van der Waals surface area contributed by atoms with Crippen molar-refractivity contribution in [3.8, 4) is 0 Å². The van der Waals surface area contributed by atoms with Gasteiger partial charge in [0.25, 0.3) is 0 Å². The summed E-state index contributed by atoms with van der Waals surface area (Å²) < 4.78 is 11.2. The SMILES string of the molecule is CC/C=C\C/C=C\C/C=C\C/C=C\C/C=C\CCCCCCCCCCCC(=O)OC(CO)COCCCCCCCCC/C=C\C/C=C\C/C=C\CCCCC. The van der Waals surface area contributed by atoms with Gasteiger partial charge in [-0.15, -0.1) is 0 Å². The lowest BCUT2D eigenvalue weighted by molar-refractivity contribution is -0.154. The molecule has 0 aromatic rings. The van der Waals surface area contributed by atoms with Crippen LogP contribution in [0.2, 0.25) is 0 Å². The molecule has 4 heteroatoms. The molecule has 326 valence electrons. The minimum Gasteiger partial charge on any atom is -0.457 e. The predicted octanol–water partition coefficient (Wildman–Crippen LogP) is 16.1. The van der Waals surface area contributed by atoms with E-state index in [0.29, 0.717) is 13.0 Å². The van der Waals surface area contributed by atoms with Gasteiger partial charge in [0.05, 0.1) is 13.2 Å². The Morgan fingerprint density at radius 1 is 0.439 bits per heavy atom. The molecule has 0 aliphatic carbocycles. The molecule has 0 fully saturated rings. The van der Waals surface area contributed by atoms with Crippen LogP contribution in [0.15, 0.2) is 97.2 Å². The van der Waals surface area contributed by atoms with E-state index in [1.54, 1.807) is 0 Å². The molecule has 1 atom stereocenters. The molecule has 0 bridgehead atoms. The number of hydrogen-bond acceptors (Lipinski definition) is 4. The van der Waals surface area contributed by atoms with Gasteiger partial charge in [0.1, 0.15) is 6.10 Å². The first kappa shape index (κ1) is 54.3. The van der Waals surface area contributed by atoms with Gasteiger partial charge < -0.3 is 14.6 Å². The third-order valence-corrected chi connectivity index (χ3v) is 9.89. The number of rotatable bonds is 43. The summed E-state index contributed by atoms with van der Waals surface area (Å²) in [6.45, 7) is 5.17. The molecule has 0 aromatic heterocycles. The number of allylic oxidation sites excluding steroid dienone is 16. The first-order valence-electron chi connectivity index (χ1n) is 23.8. The highest BCUT2D eigenvalue weighted by Crippen LogP contribution is 2.13. The van der Waals surface area contributed by atoms with Crippen molar-refractivity contribution in [1.29, 1.82) is 0 Å². The second kappa shape index (κ2) is 49.5. The number of hydrogen-bond donors (Lipinski definition) is 1. The summed E-state index contributed by atoms with van der Waals surface area (Å²) in [6, 6.07) is 0. The average Bonchev–Trinajstić information content (AvgIpc) is 3.22. The molecule has 0 heterocycles. The van der Waals surface area contributed by atoms with E-state index in [1.807, 2.05) is 0 Å². The summed E-state index contributed by atoms with van der Waals surface area (Å²) in [5, 5.41) is 9.64. The molecule has 4 nitrogen and oxygen atoms in total. The third kappa shape index (κ3) is 47.6. The normalized spacial score (nSPS) is 13.2. The molecule has 0 aliphatic rings. The van der Waals surface area contributed by atoms with Crippen LogP contribution in [-0.4, -0.2) is 37.0 Å². The second-order valence-corrected chi connectivity index (χ2v) is 15.4. The van der Waals surface area contributed by atoms with Gasteiger partial charge in [-0.25, -0.2) is 0 Å². The quantitative estimate of drug-likeness (QED) is 0.0380. The lowest BCUT2D eigenvalue weighted by Crippen LogP contribution is -2.27. The summed E-state index contributed by atoms with van der Waals surface area (Å²) >= 11 is 0. The van der Waals surface area contributed by atoms with E-state index < -0.39 is 6.10 Å². The maximum absolute atomic E-state index is 12.3. The highest BCUT2D eigenvalue weighted by atomic mass is 16.6. The first-order chi connectivity index (χ1) is 28.2. The van der Waals surface area contributed by atoms with Crippen LogP contribution in [-0.2, 0) is 14.3 Å². The number of aliphatic hydroxyl groups is 1. The highest BCUT2D eigenvalue weighted by molar-refractivity contribution is 5.69. The van der Waals surface area contributed by atoms with E-state index >= 15 is 0 Å². The number of esters is 1. The van der Waals surface area contributed by atoms with E-state index in [9.17, 15) is 9.90 Å². The lowest BCUT2D eigenvalue weighted by atomic mass is 10.1. The van der Waals surface area contributed by atoms with Crippen molar-refractivity contribution in [3.05, 3.63) is 97.2 Å². The maximum Gasteiger partial charge on any atom is 0.306 e. The number of ether oxygens (including phenoxy) is 2. The number of carbonyl (C=O) groups is 1. The van der Waals surface area contributed by atoms with Crippen LogP contribution < -0.4 is 0 Å². The summed E-state index contributed by atoms with van der Waals surface area (Å²) in [6.07, 6.45) is 70.5. The van der Waals surface area contributed by atoms with Crippen LogP contribution in [0.25, 0.3) is 0 Å². The van der Waals surface area contributed by atoms with Crippen molar-refractivity contribution in [2.24, 2.45) is 0 Å². The van der Waals surface area contributed by atoms with Crippen LogP contribution in [0, 0.1) is 0 Å². The van der Waals surface area contributed by atoms with Crippen molar-refractivity contribution in [2.75, 3.05) is 19.8 Å². The number of unbranched alkanes of at least 4 members (excludes halogenated alkanes) is 19. The van der Waals surface area contributed by atoms with Gasteiger partial charge >= 0.3 is 5.97 Å². The molecule has 1 N–H and O–H groups in total. The van der Waals surface area contributed by atoms with Crippen LogP contribution in [0.1, 0.15) is 206 Å². The topological polar surface area (TPSA) is 55.8 Å². The fourth-order valence-electron chi connectivity index (χ4n) is 6.36. The zero-order valence-corrected chi connectivity index (χ0v) is 37.3. The molecule has 0 amide bonds. The van der Waals surface area contributed by atoms with Crippen LogP contribution in [0.4, 0.5) is 0 Å². The monoisotopic (exact) mass is 791 g/mol. The standard InChI is InChI=1S/C53H90O4/c1-3-5-7-9-11-13-15-17-19-21-23-25-26-27-28-29-30-32-34-36-38-40-42-44-46-48-53(55)57-52(50-54)51-56-49-47-45-43-41-39-37-35-33-31-24-22-20-18-16-14-12-10-8-6-4-2/h5,7,11-14,17-20,23-25,27-28,31,52,54H,3-4,6,8-10,15-16,21-22,26,29-30,32-51H2,1-2H3/b7-5-,13-11-,14-12-,19-17-,20-18-,25-23-,28-27-,31-24-. The van der Waals surface area contributed by atoms with Crippen molar-refractivity contribution >= 4 is 5.97 Å². The molecular weight excluding hydrogens is 701 g/mol. The van der Waals surface area contributed by atoms with Crippen molar-refractivity contribution in [2.45, 2.75) is 213 Å². The molecule has 57 heavy (non-hydrogen) atoms. The minimum atomic E-state index is -0.550. The predicted molar refractivity (Wildman–Crippen MR) is 251 cm³/mol. The summed E-state index contributed by atoms with van der Waals surface area (Å²) in [7, 11) is 0. The Morgan fingerprint density at radius 3 is 1.19 bits per heavy atom. The molecule has 0 saturated heterocycles. The van der Waals surface area contributed by atoms with Gasteiger partial charge in [-0.1, -0.05) is 201 Å². The molecular formula is C53H90O4. The summed E-state index contributed by atoms with van der Waals surface area (Å²) in [5.74, 6) is -0.214. The average molecular weight is 791 g/mol. The van der Waals surface area contributed by atoms with E-state index in [-0.39, 0.29) is 19.2 Å². The molecule has 0 aromatic carbocycles. The molecule has 0 aliphatic heterocycles. The summed E-state index contributed by atoms with van der Waals surface area (Å²) in [4.78, 5) is 12.3. The van der Waals surface area contributed by atoms with E-state index in [2.05, 4.69) is 111 Å². The number of carbonyl (C=O) groups excluding carboxylic acids is 1. The van der Waals surface area contributed by atoms with Crippen molar-refractivity contribution in [1.82, 2.24) is 0 Å². The second-order valence-electron chi connectivity index (χ2n) is 15.4. The minimum absolute atomic E-state index is 0.184. The van der Waals surface area contributed by atoms with Gasteiger partial charge in [-0.3, -0.25) is 4.79 Å². The molecule has 1 unspecified atom stereocenters. The Hall–Kier alpha value is -2.69. The van der Waals surface area contributed by atoms with Crippen molar-refractivity contribution < 1.29 is 19.4 Å². The zero-order valence-electron chi connectivity index (χ0n) is 37.3. The molecule has 0 radical (unpaired) electrons. The molecule has 0 rings (SSSR count). The third-order valence-electron chi connectivity index (χ3n) is 9.89. The summed E-state index contributed by atoms with van der Waals surface area (Å²) in [5.41, 5.74) is 0. The van der Waals surface area contributed by atoms with E-state index in [4.69, 9.17) is 9.47 Å². The molecule has 0 spiro atoms. The van der Waals surface area contributed by atoms with Gasteiger partial charge in [-0.2, -0.15) is 0 Å². The number of aliphatic hydroxyl groups excluding tert-OH is 1. The lowest BCUT2D eigenvalue weighted by Gasteiger charge is -2.16. The van der Waals surface area contributed by atoms with Gasteiger partial charge in [0, 0.05) is 13.0 Å². The Labute approximate surface area is 353 Å². The Kier molecular flexibility index (Phi) is 47.1. The fraction of sp³-hybridized carbons (Fsp3) is 0.679. The smallest absolute Gasteiger partial charge is 0.306 e. The Balaban J connectivity index is 3.50. The Bertz CT molecular complexity index is 1060. The zero-order chi connectivity index (χ0) is 41.2. The van der Waals surface area contributed by atoms with Crippen molar-refractivity contribution in [3.63, 3.8) is 0 Å². The highest BCUT2D eigenvalue weighted by Gasteiger charge is 2.13. The van der Waals surface area contributed by atoms with Crippen LogP contribution >= 0.6 is 0 Å². The fourth-order valence-corrected chi connectivity index (χ4v) is 6.36. The first-order valence-corrected chi connectivity index (χ1v) is 23.8. The van der Waals surface area contributed by atoms with Gasteiger partial charge in [0.15, 0.2) is 0 Å². The van der Waals surface area contributed by atoms with E-state index in [1.165, 1.54) is 116 Å². The van der Waals surface area contributed by atoms with E-state index in [0.717, 1.165) is 70.6 Å². The largest absolute Gasteiger partial charge is 0.457 e. The Morgan fingerprint density at radius 2 is 0.789 bits per heavy atom. The molecule has 0 saturated carbocycles.